The number of aromatic nitrogens is 3. The van der Waals surface area contributed by atoms with Crippen molar-refractivity contribution >= 4 is 27.6 Å². The molecule has 3 aliphatic rings. The summed E-state index contributed by atoms with van der Waals surface area (Å²) in [5.41, 5.74) is 4.43. The summed E-state index contributed by atoms with van der Waals surface area (Å²) in [7, 11) is 2.18. The number of benzene rings is 2. The van der Waals surface area contributed by atoms with Crippen molar-refractivity contribution in [2.45, 2.75) is 43.8 Å². The van der Waals surface area contributed by atoms with Crippen molar-refractivity contribution in [2.24, 2.45) is 0 Å². The molecule has 2 aromatic carbocycles. The summed E-state index contributed by atoms with van der Waals surface area (Å²) >= 11 is 0. The van der Waals surface area contributed by atoms with Crippen LogP contribution in [-0.2, 0) is 0 Å². The van der Waals surface area contributed by atoms with Crippen LogP contribution in [0.3, 0.4) is 0 Å². The number of para-hydroxylation sites is 1. The van der Waals surface area contributed by atoms with Crippen molar-refractivity contribution in [1.82, 2.24) is 25.2 Å². The lowest BCUT2D eigenvalue weighted by atomic mass is 10.0. The lowest BCUT2D eigenvalue weighted by Gasteiger charge is -2.34. The Morgan fingerprint density at radius 1 is 1.00 bits per heavy atom. The van der Waals surface area contributed by atoms with E-state index in [1.165, 1.54) is 36.6 Å². The Morgan fingerprint density at radius 2 is 1.86 bits per heavy atom. The van der Waals surface area contributed by atoms with Crippen LogP contribution in [0.4, 0.5) is 5.82 Å². The highest BCUT2D eigenvalue weighted by atomic mass is 16.5. The Hall–Kier alpha value is -3.16. The first-order chi connectivity index (χ1) is 17.2. The molecule has 7 heteroatoms. The summed E-state index contributed by atoms with van der Waals surface area (Å²) in [5.74, 6) is 1.01. The average Bonchev–Trinajstić information content (AvgIpc) is 3.59. The van der Waals surface area contributed by atoms with E-state index in [-0.39, 0.29) is 0 Å². The molecule has 0 saturated carbocycles. The summed E-state index contributed by atoms with van der Waals surface area (Å²) < 4.78 is 6.26. The number of likely N-dealkylation sites (N-methyl/N-ethyl adjacent to an activating group) is 1. The molecule has 7 nitrogen and oxygen atoms in total. The highest BCUT2D eigenvalue weighted by molar-refractivity contribution is 5.99. The molecule has 35 heavy (non-hydrogen) atoms. The minimum absolute atomic E-state index is 0.435. The van der Waals surface area contributed by atoms with Crippen molar-refractivity contribution < 1.29 is 4.74 Å². The summed E-state index contributed by atoms with van der Waals surface area (Å²) in [6, 6.07) is 17.0. The number of piperazine rings is 1. The van der Waals surface area contributed by atoms with Crippen molar-refractivity contribution in [2.75, 3.05) is 38.2 Å². The third-order valence-electron chi connectivity index (χ3n) is 8.15. The van der Waals surface area contributed by atoms with Gasteiger partial charge in [-0.15, -0.1) is 0 Å². The van der Waals surface area contributed by atoms with Crippen molar-refractivity contribution in [3.05, 3.63) is 48.7 Å². The van der Waals surface area contributed by atoms with E-state index in [0.29, 0.717) is 30.7 Å². The van der Waals surface area contributed by atoms with Crippen LogP contribution in [0.2, 0.25) is 0 Å². The molecule has 180 valence electrons. The lowest BCUT2D eigenvalue weighted by molar-refractivity contribution is 0.188. The van der Waals surface area contributed by atoms with Gasteiger partial charge in [-0.2, -0.15) is 9.97 Å². The highest BCUT2D eigenvalue weighted by Crippen LogP contribution is 2.35. The molecule has 2 N–H and O–H groups in total. The largest absolute Gasteiger partial charge is 0.462 e. The molecule has 0 spiro atoms. The van der Waals surface area contributed by atoms with Crippen molar-refractivity contribution in [3.8, 4) is 17.1 Å². The van der Waals surface area contributed by atoms with Crippen LogP contribution in [0.25, 0.3) is 32.9 Å². The lowest BCUT2D eigenvalue weighted by Crippen LogP contribution is -2.51. The second-order valence-corrected chi connectivity index (χ2v) is 10.4. The number of ether oxygens (including phenoxy) is 1. The Morgan fingerprint density at radius 3 is 2.69 bits per heavy atom. The number of H-pyrrole nitrogens is 1. The summed E-state index contributed by atoms with van der Waals surface area (Å²) in [6.45, 7) is 3.74. The first-order valence-electron chi connectivity index (χ1n) is 12.9. The molecule has 0 aliphatic carbocycles. The Balaban J connectivity index is 1.29. The van der Waals surface area contributed by atoms with Gasteiger partial charge < -0.3 is 24.8 Å². The van der Waals surface area contributed by atoms with Gasteiger partial charge in [0, 0.05) is 59.3 Å². The van der Waals surface area contributed by atoms with Crippen LogP contribution in [-0.4, -0.2) is 71.3 Å². The molecule has 0 radical (unpaired) electrons. The first-order valence-corrected chi connectivity index (χ1v) is 12.9. The fourth-order valence-corrected chi connectivity index (χ4v) is 6.21. The fraction of sp³-hybridized carbons (Fsp3) is 0.429. The van der Waals surface area contributed by atoms with Gasteiger partial charge in [0.25, 0.3) is 0 Å². The van der Waals surface area contributed by atoms with Gasteiger partial charge in [-0.1, -0.05) is 24.3 Å². The number of rotatable bonds is 5. The monoisotopic (exact) mass is 468 g/mol. The van der Waals surface area contributed by atoms with E-state index in [2.05, 4.69) is 75.8 Å². The molecule has 3 unspecified atom stereocenters. The number of nitrogens with one attached hydrogen (secondary N) is 2. The topological polar surface area (TPSA) is 69.3 Å². The smallest absolute Gasteiger partial charge is 0.319 e. The maximum absolute atomic E-state index is 6.26. The third-order valence-corrected chi connectivity index (χ3v) is 8.15. The quantitative estimate of drug-likeness (QED) is 0.458. The molecule has 3 saturated heterocycles. The summed E-state index contributed by atoms with van der Waals surface area (Å²) in [6.07, 6.45) is 6.97. The minimum atomic E-state index is 0.435. The van der Waals surface area contributed by atoms with Crippen LogP contribution >= 0.6 is 0 Å². The number of hydrogen-bond acceptors (Lipinski definition) is 6. The molecular weight excluding hydrogens is 436 g/mol. The molecule has 2 bridgehead atoms. The molecular formula is C28H32N6O. The van der Waals surface area contributed by atoms with Crippen LogP contribution in [0.1, 0.15) is 25.7 Å². The summed E-state index contributed by atoms with van der Waals surface area (Å²) in [5, 5.41) is 6.06. The Bertz CT molecular complexity index is 1370. The van der Waals surface area contributed by atoms with Gasteiger partial charge >= 0.3 is 6.01 Å². The fourth-order valence-electron chi connectivity index (χ4n) is 6.21. The minimum Gasteiger partial charge on any atom is -0.462 e. The SMILES string of the molecule is CN1CCCC1COc1nc(N2CC3CCC(C2)N3)c2ccc(-c3c[nH]c4ccccc34)cc2n1. The van der Waals surface area contributed by atoms with Gasteiger partial charge in [0.2, 0.25) is 0 Å². The molecule has 2 aromatic heterocycles. The van der Waals surface area contributed by atoms with E-state index in [1.807, 2.05) is 0 Å². The van der Waals surface area contributed by atoms with Crippen LogP contribution in [0.5, 0.6) is 6.01 Å². The van der Waals surface area contributed by atoms with Gasteiger partial charge in [0.05, 0.1) is 5.52 Å². The van der Waals surface area contributed by atoms with Crippen LogP contribution in [0.15, 0.2) is 48.7 Å². The van der Waals surface area contributed by atoms with E-state index in [1.54, 1.807) is 0 Å². The number of nitrogens with zero attached hydrogens (tertiary/aromatic N) is 4. The maximum atomic E-state index is 6.26. The molecule has 5 heterocycles. The van der Waals surface area contributed by atoms with Gasteiger partial charge in [0.15, 0.2) is 0 Å². The van der Waals surface area contributed by atoms with Gasteiger partial charge in [-0.3, -0.25) is 0 Å². The molecule has 4 aromatic rings. The molecule has 7 rings (SSSR count). The first kappa shape index (κ1) is 21.1. The van der Waals surface area contributed by atoms with Crippen LogP contribution < -0.4 is 15.0 Å². The number of fused-ring (bicyclic) bond motifs is 4. The van der Waals surface area contributed by atoms with Crippen molar-refractivity contribution in [3.63, 3.8) is 0 Å². The molecule has 3 fully saturated rings. The number of anilines is 1. The Labute approximate surface area is 205 Å². The second-order valence-electron chi connectivity index (χ2n) is 10.4. The van der Waals surface area contributed by atoms with Gasteiger partial charge in [-0.05, 0) is 63.0 Å². The predicted molar refractivity (Wildman–Crippen MR) is 140 cm³/mol. The predicted octanol–water partition coefficient (Wildman–Crippen LogP) is 4.19. The zero-order valence-corrected chi connectivity index (χ0v) is 20.2. The van der Waals surface area contributed by atoms with Crippen molar-refractivity contribution in [1.29, 1.82) is 0 Å². The zero-order valence-electron chi connectivity index (χ0n) is 20.2. The van der Waals surface area contributed by atoms with Gasteiger partial charge in [-0.25, -0.2) is 0 Å². The van der Waals surface area contributed by atoms with E-state index < -0.39 is 0 Å². The maximum Gasteiger partial charge on any atom is 0.319 e. The van der Waals surface area contributed by atoms with Crippen LogP contribution in [0, 0.1) is 0 Å². The molecule has 0 amide bonds. The van der Waals surface area contributed by atoms with E-state index in [0.717, 1.165) is 47.4 Å². The molecule has 3 atom stereocenters. The van der Waals surface area contributed by atoms with Gasteiger partial charge in [0.1, 0.15) is 12.4 Å². The van der Waals surface area contributed by atoms with E-state index in [9.17, 15) is 0 Å². The normalized spacial score (nSPS) is 24.6. The second kappa shape index (κ2) is 8.50. The number of aromatic amines is 1. The van der Waals surface area contributed by atoms with E-state index in [4.69, 9.17) is 14.7 Å². The summed E-state index contributed by atoms with van der Waals surface area (Å²) in [4.78, 5) is 18.1. The number of likely N-dealkylation sites (tertiary alicyclic amines) is 1. The highest BCUT2D eigenvalue weighted by Gasteiger charge is 2.34. The van der Waals surface area contributed by atoms with E-state index >= 15 is 0 Å². The zero-order chi connectivity index (χ0) is 23.4. The standard InChI is InChI=1S/C28H32N6O/c1-33-12-4-5-21(33)17-35-28-31-26-13-18(24-14-29-25-7-3-2-6-22(24)25)8-11-23(26)27(32-28)34-15-19-9-10-20(16-34)30-19/h2-3,6-8,11,13-14,19-21,29-30H,4-5,9-10,12,15-17H2,1H3. The number of hydrogen-bond donors (Lipinski definition) is 2. The third kappa shape index (κ3) is 3.83. The Kier molecular flexibility index (Phi) is 5.14. The molecule has 3 aliphatic heterocycles. The average molecular weight is 469 g/mol.